The van der Waals surface area contributed by atoms with Crippen LogP contribution in [0.15, 0.2) is 60.7 Å². The fraction of sp³-hybridized carbons (Fsp3) is 0.333. The zero-order chi connectivity index (χ0) is 14.3. The number of rotatable bonds is 5. The van der Waals surface area contributed by atoms with Gasteiger partial charge in [0.1, 0.15) is 0 Å². The Bertz CT molecular complexity index is 519. The molecule has 1 saturated heterocycles. The van der Waals surface area contributed by atoms with Crippen LogP contribution in [0.4, 0.5) is 0 Å². The van der Waals surface area contributed by atoms with Gasteiger partial charge in [-0.05, 0) is 11.1 Å². The summed E-state index contributed by atoms with van der Waals surface area (Å²) in [4.78, 5) is 0. The molecule has 3 nitrogen and oxygen atoms in total. The fourth-order valence-corrected chi connectivity index (χ4v) is 2.51. The molecule has 0 aliphatic carbocycles. The van der Waals surface area contributed by atoms with Crippen LogP contribution in [0.5, 0.6) is 0 Å². The van der Waals surface area contributed by atoms with Gasteiger partial charge in [0.25, 0.3) is 0 Å². The molecule has 1 heterocycles. The first-order valence-electron chi connectivity index (χ1n) is 7.43. The highest BCUT2D eigenvalue weighted by molar-refractivity contribution is 5.19. The van der Waals surface area contributed by atoms with Gasteiger partial charge in [0.05, 0.1) is 32.0 Å². The van der Waals surface area contributed by atoms with E-state index in [9.17, 15) is 0 Å². The monoisotopic (exact) mass is 283 g/mol. The number of ether oxygens (including phenoxy) is 2. The number of nitrogens with one attached hydrogen (secondary N) is 1. The Balaban J connectivity index is 1.40. The molecule has 0 saturated carbocycles. The molecule has 0 bridgehead atoms. The van der Waals surface area contributed by atoms with Crippen LogP contribution in [0.3, 0.4) is 0 Å². The van der Waals surface area contributed by atoms with E-state index in [0.29, 0.717) is 19.8 Å². The van der Waals surface area contributed by atoms with Crippen LogP contribution in [-0.2, 0) is 16.1 Å². The van der Waals surface area contributed by atoms with Gasteiger partial charge in [0.15, 0.2) is 0 Å². The predicted octanol–water partition coefficient (Wildman–Crippen LogP) is 2.93. The van der Waals surface area contributed by atoms with Crippen molar-refractivity contribution in [2.75, 3.05) is 19.8 Å². The van der Waals surface area contributed by atoms with E-state index in [1.165, 1.54) is 11.1 Å². The molecular weight excluding hydrogens is 262 g/mol. The summed E-state index contributed by atoms with van der Waals surface area (Å²) in [6, 6.07) is 20.9. The zero-order valence-corrected chi connectivity index (χ0v) is 12.1. The van der Waals surface area contributed by atoms with E-state index < -0.39 is 0 Å². The number of morpholine rings is 1. The molecule has 1 N–H and O–H groups in total. The van der Waals surface area contributed by atoms with Gasteiger partial charge < -0.3 is 14.8 Å². The highest BCUT2D eigenvalue weighted by atomic mass is 16.5. The van der Waals surface area contributed by atoms with Gasteiger partial charge >= 0.3 is 0 Å². The second kappa shape index (κ2) is 7.36. The van der Waals surface area contributed by atoms with E-state index in [1.54, 1.807) is 0 Å². The topological polar surface area (TPSA) is 30.5 Å². The Kier molecular flexibility index (Phi) is 5.00. The van der Waals surface area contributed by atoms with E-state index in [2.05, 4.69) is 41.7 Å². The highest BCUT2D eigenvalue weighted by Crippen LogP contribution is 2.17. The summed E-state index contributed by atoms with van der Waals surface area (Å²) < 4.78 is 11.6. The lowest BCUT2D eigenvalue weighted by molar-refractivity contribution is -0.0506. The summed E-state index contributed by atoms with van der Waals surface area (Å²) in [6.07, 6.45) is 0.133. The first kappa shape index (κ1) is 14.3. The lowest BCUT2D eigenvalue weighted by atomic mass is 10.1. The maximum atomic E-state index is 5.90. The standard InChI is InChI=1S/C18H21NO2/c1-3-7-15(8-4-1)12-20-13-17-11-19-18(14-21-17)16-9-5-2-6-10-16/h1-10,17-19H,11-14H2. The van der Waals surface area contributed by atoms with Crippen LogP contribution >= 0.6 is 0 Å². The van der Waals surface area contributed by atoms with Crippen molar-refractivity contribution >= 4 is 0 Å². The molecule has 2 atom stereocenters. The lowest BCUT2D eigenvalue weighted by Gasteiger charge is -2.30. The van der Waals surface area contributed by atoms with Gasteiger partial charge in [-0.15, -0.1) is 0 Å². The average molecular weight is 283 g/mol. The molecule has 2 unspecified atom stereocenters. The van der Waals surface area contributed by atoms with Crippen molar-refractivity contribution in [3.8, 4) is 0 Å². The first-order valence-corrected chi connectivity index (χ1v) is 7.43. The molecule has 2 aromatic carbocycles. The van der Waals surface area contributed by atoms with Crippen molar-refractivity contribution in [1.82, 2.24) is 5.32 Å². The molecule has 0 aromatic heterocycles. The van der Waals surface area contributed by atoms with Crippen molar-refractivity contribution in [2.24, 2.45) is 0 Å². The molecule has 1 fully saturated rings. The van der Waals surface area contributed by atoms with Gasteiger partial charge in [-0.2, -0.15) is 0 Å². The molecule has 0 radical (unpaired) electrons. The van der Waals surface area contributed by atoms with E-state index in [0.717, 1.165) is 6.54 Å². The van der Waals surface area contributed by atoms with Crippen LogP contribution in [0.25, 0.3) is 0 Å². The minimum absolute atomic E-state index is 0.133. The molecule has 21 heavy (non-hydrogen) atoms. The Morgan fingerprint density at radius 3 is 2.38 bits per heavy atom. The lowest BCUT2D eigenvalue weighted by Crippen LogP contribution is -2.43. The van der Waals surface area contributed by atoms with Gasteiger partial charge in [-0.25, -0.2) is 0 Å². The Hall–Kier alpha value is -1.68. The van der Waals surface area contributed by atoms with Crippen LogP contribution in [-0.4, -0.2) is 25.9 Å². The van der Waals surface area contributed by atoms with Crippen LogP contribution in [0.1, 0.15) is 17.2 Å². The van der Waals surface area contributed by atoms with Crippen molar-refractivity contribution < 1.29 is 9.47 Å². The Labute approximate surface area is 125 Å². The predicted molar refractivity (Wildman–Crippen MR) is 83.0 cm³/mol. The van der Waals surface area contributed by atoms with Crippen molar-refractivity contribution in [3.05, 3.63) is 71.8 Å². The second-order valence-electron chi connectivity index (χ2n) is 5.33. The van der Waals surface area contributed by atoms with Crippen LogP contribution in [0, 0.1) is 0 Å². The Morgan fingerprint density at radius 1 is 1.00 bits per heavy atom. The normalized spacial score (nSPS) is 22.1. The van der Waals surface area contributed by atoms with Crippen LogP contribution in [0.2, 0.25) is 0 Å². The molecule has 110 valence electrons. The summed E-state index contributed by atoms with van der Waals surface area (Å²) in [7, 11) is 0. The molecule has 2 aromatic rings. The summed E-state index contributed by atoms with van der Waals surface area (Å²) in [5.74, 6) is 0. The van der Waals surface area contributed by atoms with Crippen molar-refractivity contribution in [2.45, 2.75) is 18.8 Å². The summed E-state index contributed by atoms with van der Waals surface area (Å²) in [5, 5.41) is 3.53. The molecule has 0 amide bonds. The van der Waals surface area contributed by atoms with E-state index in [1.807, 2.05) is 24.3 Å². The molecular formula is C18H21NO2. The van der Waals surface area contributed by atoms with Gasteiger partial charge in [0.2, 0.25) is 0 Å². The highest BCUT2D eigenvalue weighted by Gasteiger charge is 2.22. The van der Waals surface area contributed by atoms with Gasteiger partial charge in [0, 0.05) is 6.54 Å². The zero-order valence-electron chi connectivity index (χ0n) is 12.1. The SMILES string of the molecule is c1ccc(COCC2CNC(c3ccccc3)CO2)cc1. The third kappa shape index (κ3) is 4.14. The van der Waals surface area contributed by atoms with Gasteiger partial charge in [-0.3, -0.25) is 0 Å². The molecule has 1 aliphatic heterocycles. The average Bonchev–Trinajstić information content (AvgIpc) is 2.57. The molecule has 0 spiro atoms. The van der Waals surface area contributed by atoms with E-state index in [-0.39, 0.29) is 12.1 Å². The number of benzene rings is 2. The largest absolute Gasteiger partial charge is 0.374 e. The van der Waals surface area contributed by atoms with E-state index in [4.69, 9.17) is 9.47 Å². The van der Waals surface area contributed by atoms with Gasteiger partial charge in [-0.1, -0.05) is 60.7 Å². The maximum Gasteiger partial charge on any atom is 0.0933 e. The third-order valence-corrected chi connectivity index (χ3v) is 3.71. The van der Waals surface area contributed by atoms with Crippen LogP contribution < -0.4 is 5.32 Å². The second-order valence-corrected chi connectivity index (χ2v) is 5.33. The fourth-order valence-electron chi connectivity index (χ4n) is 2.51. The molecule has 3 rings (SSSR count). The minimum Gasteiger partial charge on any atom is -0.374 e. The summed E-state index contributed by atoms with van der Waals surface area (Å²) in [6.45, 7) is 2.80. The minimum atomic E-state index is 0.133. The third-order valence-electron chi connectivity index (χ3n) is 3.71. The summed E-state index contributed by atoms with van der Waals surface area (Å²) >= 11 is 0. The maximum absolute atomic E-state index is 5.90. The molecule has 3 heteroatoms. The summed E-state index contributed by atoms with van der Waals surface area (Å²) in [5.41, 5.74) is 2.48. The smallest absolute Gasteiger partial charge is 0.0933 e. The Morgan fingerprint density at radius 2 is 1.71 bits per heavy atom. The number of hydrogen-bond donors (Lipinski definition) is 1. The number of hydrogen-bond acceptors (Lipinski definition) is 3. The first-order chi connectivity index (χ1) is 10.4. The van der Waals surface area contributed by atoms with E-state index >= 15 is 0 Å². The van der Waals surface area contributed by atoms with Crippen molar-refractivity contribution in [1.29, 1.82) is 0 Å². The molecule has 1 aliphatic rings. The van der Waals surface area contributed by atoms with Crippen molar-refractivity contribution in [3.63, 3.8) is 0 Å². The quantitative estimate of drug-likeness (QED) is 0.915.